The molecule has 4 nitrogen and oxygen atoms in total. The van der Waals surface area contributed by atoms with Crippen LogP contribution in [0.5, 0.6) is 5.75 Å². The van der Waals surface area contributed by atoms with E-state index in [1.54, 1.807) is 38.1 Å². The molecule has 92 valence electrons. The van der Waals surface area contributed by atoms with Gasteiger partial charge in [-0.1, -0.05) is 0 Å². The van der Waals surface area contributed by atoms with Crippen LogP contribution in [0.1, 0.15) is 24.2 Å². The SMILES string of the molecule is COC(=O)C(C)(C)COc1ccc(C=O)cc1. The number of esters is 1. The Hall–Kier alpha value is -1.84. The minimum atomic E-state index is -0.696. The predicted molar refractivity (Wildman–Crippen MR) is 63.1 cm³/mol. The monoisotopic (exact) mass is 236 g/mol. The van der Waals surface area contributed by atoms with E-state index >= 15 is 0 Å². The molecule has 0 heterocycles. The maximum Gasteiger partial charge on any atom is 0.314 e. The highest BCUT2D eigenvalue weighted by atomic mass is 16.5. The van der Waals surface area contributed by atoms with Gasteiger partial charge in [0.25, 0.3) is 0 Å². The van der Waals surface area contributed by atoms with Crippen LogP contribution in [0, 0.1) is 5.41 Å². The summed E-state index contributed by atoms with van der Waals surface area (Å²) in [5.41, 5.74) is -0.109. The van der Waals surface area contributed by atoms with Crippen molar-refractivity contribution in [3.63, 3.8) is 0 Å². The van der Waals surface area contributed by atoms with E-state index in [2.05, 4.69) is 4.74 Å². The zero-order valence-corrected chi connectivity index (χ0v) is 10.2. The first-order valence-corrected chi connectivity index (χ1v) is 5.26. The van der Waals surface area contributed by atoms with Gasteiger partial charge >= 0.3 is 5.97 Å². The lowest BCUT2D eigenvalue weighted by atomic mass is 9.95. The quantitative estimate of drug-likeness (QED) is 0.580. The van der Waals surface area contributed by atoms with Crippen molar-refractivity contribution in [2.45, 2.75) is 13.8 Å². The van der Waals surface area contributed by atoms with E-state index in [9.17, 15) is 9.59 Å². The average molecular weight is 236 g/mol. The van der Waals surface area contributed by atoms with E-state index in [1.807, 2.05) is 0 Å². The third-order valence-corrected chi connectivity index (χ3v) is 2.35. The van der Waals surface area contributed by atoms with Gasteiger partial charge in [-0.15, -0.1) is 0 Å². The molecule has 0 radical (unpaired) electrons. The first kappa shape index (κ1) is 13.2. The number of hydrogen-bond donors (Lipinski definition) is 0. The molecule has 1 aromatic rings. The van der Waals surface area contributed by atoms with Crippen LogP contribution in [0.4, 0.5) is 0 Å². The molecule has 0 N–H and O–H groups in total. The predicted octanol–water partition coefficient (Wildman–Crippen LogP) is 2.08. The molecule has 0 spiro atoms. The molecule has 0 fully saturated rings. The summed E-state index contributed by atoms with van der Waals surface area (Å²) in [4.78, 5) is 21.9. The standard InChI is InChI=1S/C13H16O4/c1-13(2,12(15)16-3)9-17-11-6-4-10(8-14)5-7-11/h4-8H,9H2,1-3H3. The maximum absolute atomic E-state index is 11.4. The molecule has 0 atom stereocenters. The lowest BCUT2D eigenvalue weighted by molar-refractivity contribution is -0.152. The molecule has 0 aliphatic carbocycles. The summed E-state index contributed by atoms with van der Waals surface area (Å²) in [7, 11) is 1.35. The fourth-order valence-electron chi connectivity index (χ4n) is 1.24. The molecule has 1 aromatic carbocycles. The van der Waals surface area contributed by atoms with Gasteiger partial charge in [-0.25, -0.2) is 0 Å². The summed E-state index contributed by atoms with van der Waals surface area (Å²) in [5, 5.41) is 0. The highest BCUT2D eigenvalue weighted by molar-refractivity contribution is 5.76. The van der Waals surface area contributed by atoms with Crippen LogP contribution < -0.4 is 4.74 Å². The smallest absolute Gasteiger partial charge is 0.314 e. The molecular formula is C13H16O4. The Morgan fingerprint density at radius 2 is 1.88 bits per heavy atom. The van der Waals surface area contributed by atoms with E-state index in [4.69, 9.17) is 4.74 Å². The lowest BCUT2D eigenvalue weighted by Gasteiger charge is -2.21. The second kappa shape index (κ2) is 5.48. The third-order valence-electron chi connectivity index (χ3n) is 2.35. The number of ether oxygens (including phenoxy) is 2. The molecule has 0 aliphatic heterocycles. The van der Waals surface area contributed by atoms with Crippen LogP contribution in [0.3, 0.4) is 0 Å². The topological polar surface area (TPSA) is 52.6 Å². The van der Waals surface area contributed by atoms with Crippen LogP contribution in [0.25, 0.3) is 0 Å². The Kier molecular flexibility index (Phi) is 4.26. The zero-order chi connectivity index (χ0) is 12.9. The first-order valence-electron chi connectivity index (χ1n) is 5.26. The molecule has 1 rings (SSSR count). The lowest BCUT2D eigenvalue weighted by Crippen LogP contribution is -2.32. The minimum Gasteiger partial charge on any atom is -0.492 e. The Morgan fingerprint density at radius 1 is 1.29 bits per heavy atom. The molecule has 17 heavy (non-hydrogen) atoms. The number of methoxy groups -OCH3 is 1. The Balaban J connectivity index is 2.60. The first-order chi connectivity index (χ1) is 7.99. The molecule has 0 aromatic heterocycles. The Morgan fingerprint density at radius 3 is 2.35 bits per heavy atom. The van der Waals surface area contributed by atoms with Crippen molar-refractivity contribution in [2.24, 2.45) is 5.41 Å². The molecule has 0 bridgehead atoms. The van der Waals surface area contributed by atoms with E-state index in [-0.39, 0.29) is 12.6 Å². The van der Waals surface area contributed by atoms with Gasteiger partial charge < -0.3 is 9.47 Å². The molecule has 0 saturated carbocycles. The summed E-state index contributed by atoms with van der Waals surface area (Å²) < 4.78 is 10.2. The van der Waals surface area contributed by atoms with Gasteiger partial charge in [0.1, 0.15) is 18.6 Å². The fourth-order valence-corrected chi connectivity index (χ4v) is 1.24. The van der Waals surface area contributed by atoms with Crippen LogP contribution in [-0.2, 0) is 9.53 Å². The van der Waals surface area contributed by atoms with Crippen molar-refractivity contribution in [1.29, 1.82) is 0 Å². The van der Waals surface area contributed by atoms with E-state index in [0.29, 0.717) is 11.3 Å². The van der Waals surface area contributed by atoms with Crippen molar-refractivity contribution < 1.29 is 19.1 Å². The van der Waals surface area contributed by atoms with Gasteiger partial charge in [-0.2, -0.15) is 0 Å². The van der Waals surface area contributed by atoms with Crippen LogP contribution in [0.15, 0.2) is 24.3 Å². The molecule has 0 amide bonds. The molecule has 0 aliphatic rings. The number of carbonyl (C=O) groups is 2. The van der Waals surface area contributed by atoms with Gasteiger partial charge in [0.15, 0.2) is 0 Å². The summed E-state index contributed by atoms with van der Waals surface area (Å²) >= 11 is 0. The molecule has 4 heteroatoms. The van der Waals surface area contributed by atoms with E-state index in [0.717, 1.165) is 6.29 Å². The Bertz CT molecular complexity index is 392. The number of carbonyl (C=O) groups excluding carboxylic acids is 2. The molecule has 0 unspecified atom stereocenters. The number of rotatable bonds is 5. The Labute approximate surface area is 101 Å². The van der Waals surface area contributed by atoms with Gasteiger partial charge in [0.05, 0.1) is 12.5 Å². The molecule has 0 saturated heterocycles. The average Bonchev–Trinajstić information content (AvgIpc) is 2.36. The second-order valence-corrected chi connectivity index (χ2v) is 4.35. The van der Waals surface area contributed by atoms with Crippen molar-refractivity contribution in [1.82, 2.24) is 0 Å². The zero-order valence-electron chi connectivity index (χ0n) is 10.2. The van der Waals surface area contributed by atoms with Gasteiger partial charge in [-0.3, -0.25) is 9.59 Å². The van der Waals surface area contributed by atoms with Crippen LogP contribution in [0.2, 0.25) is 0 Å². The fraction of sp³-hybridized carbons (Fsp3) is 0.385. The van der Waals surface area contributed by atoms with E-state index in [1.165, 1.54) is 7.11 Å². The van der Waals surface area contributed by atoms with Gasteiger partial charge in [-0.05, 0) is 38.1 Å². The summed E-state index contributed by atoms with van der Waals surface area (Å²) in [5.74, 6) is 0.301. The highest BCUT2D eigenvalue weighted by Gasteiger charge is 2.29. The largest absolute Gasteiger partial charge is 0.492 e. The third kappa shape index (κ3) is 3.59. The van der Waals surface area contributed by atoms with Gasteiger partial charge in [0.2, 0.25) is 0 Å². The van der Waals surface area contributed by atoms with Crippen molar-refractivity contribution in [3.8, 4) is 5.75 Å². The van der Waals surface area contributed by atoms with Crippen LogP contribution in [-0.4, -0.2) is 26.0 Å². The summed E-state index contributed by atoms with van der Waals surface area (Å²) in [6.07, 6.45) is 0.766. The van der Waals surface area contributed by atoms with Crippen molar-refractivity contribution in [3.05, 3.63) is 29.8 Å². The summed E-state index contributed by atoms with van der Waals surface area (Å²) in [6.45, 7) is 3.72. The minimum absolute atomic E-state index is 0.222. The van der Waals surface area contributed by atoms with Crippen molar-refractivity contribution in [2.75, 3.05) is 13.7 Å². The number of hydrogen-bond acceptors (Lipinski definition) is 4. The number of aldehydes is 1. The van der Waals surface area contributed by atoms with Crippen LogP contribution >= 0.6 is 0 Å². The highest BCUT2D eigenvalue weighted by Crippen LogP contribution is 2.20. The summed E-state index contributed by atoms with van der Waals surface area (Å²) in [6, 6.07) is 6.70. The van der Waals surface area contributed by atoms with Gasteiger partial charge in [0, 0.05) is 5.56 Å². The number of benzene rings is 1. The normalized spacial score (nSPS) is 10.8. The van der Waals surface area contributed by atoms with Crippen molar-refractivity contribution >= 4 is 12.3 Å². The maximum atomic E-state index is 11.4. The van der Waals surface area contributed by atoms with E-state index < -0.39 is 5.41 Å². The molecular weight excluding hydrogens is 220 g/mol. The second-order valence-electron chi connectivity index (χ2n) is 4.35.